The molecule has 0 saturated carbocycles. The second-order valence-electron chi connectivity index (χ2n) is 1.80. The molecule has 0 fully saturated rings. The van der Waals surface area contributed by atoms with Crippen molar-refractivity contribution in [1.82, 2.24) is 19.9 Å². The quantitative estimate of drug-likeness (QED) is 0.555. The van der Waals surface area contributed by atoms with E-state index >= 15 is 0 Å². The summed E-state index contributed by atoms with van der Waals surface area (Å²) in [5, 5.41) is 0. The molecule has 2 aromatic heterocycles. The molecular formula is C5H3AsN4. The summed E-state index contributed by atoms with van der Waals surface area (Å²) in [5.41, 5.74) is 1.60. The van der Waals surface area contributed by atoms with Crippen LogP contribution in [0.5, 0.6) is 0 Å². The molecule has 0 aliphatic rings. The summed E-state index contributed by atoms with van der Waals surface area (Å²) in [5.74, 6) is 0. The van der Waals surface area contributed by atoms with Gasteiger partial charge in [-0.05, 0) is 0 Å². The first-order valence-corrected chi connectivity index (χ1v) is 3.65. The van der Waals surface area contributed by atoms with Crippen LogP contribution >= 0.6 is 0 Å². The molecule has 0 saturated heterocycles. The van der Waals surface area contributed by atoms with Gasteiger partial charge in [-0.15, -0.1) is 0 Å². The normalized spacial score (nSPS) is 10.5. The fraction of sp³-hybridized carbons (Fsp3) is 0. The molecule has 2 aromatic rings. The van der Waals surface area contributed by atoms with Gasteiger partial charge in [0, 0.05) is 0 Å². The molecule has 2 heterocycles. The number of aromatic amines is 1. The number of hydrogen-bond donors (Lipinski definition) is 1. The molecule has 4 nitrogen and oxygen atoms in total. The first kappa shape index (κ1) is 5.86. The van der Waals surface area contributed by atoms with Crippen LogP contribution in [0.4, 0.5) is 0 Å². The third-order valence-corrected chi connectivity index (χ3v) is 1.91. The Hall–Kier alpha value is -0.892. The summed E-state index contributed by atoms with van der Waals surface area (Å²) >= 11 is 2.36. The number of hydrogen-bond acceptors (Lipinski definition) is 3. The van der Waals surface area contributed by atoms with E-state index in [1.807, 2.05) is 0 Å². The van der Waals surface area contributed by atoms with Crippen LogP contribution in [-0.4, -0.2) is 36.8 Å². The summed E-state index contributed by atoms with van der Waals surface area (Å²) in [6, 6.07) is 0. The van der Waals surface area contributed by atoms with Crippen molar-refractivity contribution in [1.29, 1.82) is 0 Å². The third kappa shape index (κ3) is 0.726. The van der Waals surface area contributed by atoms with Crippen molar-refractivity contribution in [3.8, 4) is 0 Å². The number of fused-ring (bicyclic) bond motifs is 1. The van der Waals surface area contributed by atoms with Crippen LogP contribution in [0, 0.1) is 0 Å². The average molecular weight is 194 g/mol. The van der Waals surface area contributed by atoms with Gasteiger partial charge < -0.3 is 0 Å². The molecule has 0 aromatic carbocycles. The van der Waals surface area contributed by atoms with Crippen molar-refractivity contribution in [3.05, 3.63) is 12.7 Å². The van der Waals surface area contributed by atoms with E-state index in [0.29, 0.717) is 5.65 Å². The molecule has 10 heavy (non-hydrogen) atoms. The second kappa shape index (κ2) is 2.06. The Labute approximate surface area is 65.6 Å². The molecule has 5 heteroatoms. The Kier molecular flexibility index (Phi) is 1.21. The molecule has 0 amide bonds. The molecule has 0 atom stereocenters. The summed E-state index contributed by atoms with van der Waals surface area (Å²) in [6.45, 7) is 0. The van der Waals surface area contributed by atoms with Gasteiger partial charge in [0.2, 0.25) is 0 Å². The number of H-pyrrole nitrogens is 1. The monoisotopic (exact) mass is 194 g/mol. The van der Waals surface area contributed by atoms with Gasteiger partial charge in [-0.25, -0.2) is 0 Å². The molecule has 0 bridgehead atoms. The van der Waals surface area contributed by atoms with Crippen molar-refractivity contribution < 1.29 is 0 Å². The zero-order valence-electron chi connectivity index (χ0n) is 4.94. The summed E-state index contributed by atoms with van der Waals surface area (Å²) in [7, 11) is 0. The Balaban J connectivity index is 2.95. The van der Waals surface area contributed by atoms with E-state index in [1.165, 1.54) is 6.33 Å². The van der Waals surface area contributed by atoms with Crippen molar-refractivity contribution in [2.24, 2.45) is 0 Å². The first-order valence-electron chi connectivity index (χ1n) is 2.71. The van der Waals surface area contributed by atoms with Crippen LogP contribution in [0.1, 0.15) is 0 Å². The van der Waals surface area contributed by atoms with E-state index in [1.54, 1.807) is 6.33 Å². The molecular weight excluding hydrogens is 191 g/mol. The summed E-state index contributed by atoms with van der Waals surface area (Å²) < 4.78 is 0.870. The predicted octanol–water partition coefficient (Wildman–Crippen LogP) is -0.853. The minimum atomic E-state index is 0.714. The van der Waals surface area contributed by atoms with Crippen LogP contribution in [0.15, 0.2) is 12.7 Å². The van der Waals surface area contributed by atoms with Crippen molar-refractivity contribution in [2.75, 3.05) is 0 Å². The van der Waals surface area contributed by atoms with E-state index in [-0.39, 0.29) is 0 Å². The number of rotatable bonds is 0. The molecule has 0 aliphatic heterocycles. The fourth-order valence-corrected chi connectivity index (χ4v) is 1.21. The maximum absolute atomic E-state index is 3.97. The van der Waals surface area contributed by atoms with Gasteiger partial charge in [-0.2, -0.15) is 0 Å². The van der Waals surface area contributed by atoms with Gasteiger partial charge in [-0.3, -0.25) is 0 Å². The first-order chi connectivity index (χ1) is 4.88. The number of nitrogens with one attached hydrogen (secondary N) is 1. The van der Waals surface area contributed by atoms with Crippen molar-refractivity contribution in [2.45, 2.75) is 0 Å². The molecule has 1 N–H and O–H groups in total. The fourth-order valence-electron chi connectivity index (χ4n) is 0.752. The molecule has 0 unspecified atom stereocenters. The van der Waals surface area contributed by atoms with Gasteiger partial charge in [0.25, 0.3) is 0 Å². The van der Waals surface area contributed by atoms with Crippen LogP contribution in [0.2, 0.25) is 0 Å². The molecule has 0 spiro atoms. The van der Waals surface area contributed by atoms with E-state index in [0.717, 1.165) is 10.00 Å². The molecule has 2 rings (SSSR count). The maximum atomic E-state index is 3.97. The molecule has 48 valence electrons. The van der Waals surface area contributed by atoms with Gasteiger partial charge in [0.05, 0.1) is 0 Å². The number of imidazole rings is 1. The summed E-state index contributed by atoms with van der Waals surface area (Å²) in [4.78, 5) is 14.8. The SMILES string of the molecule is [As]c1ncnc2nc[nH]c12. The van der Waals surface area contributed by atoms with Gasteiger partial charge >= 0.3 is 65.1 Å². The van der Waals surface area contributed by atoms with Crippen LogP contribution < -0.4 is 4.48 Å². The van der Waals surface area contributed by atoms with Crippen molar-refractivity contribution in [3.63, 3.8) is 0 Å². The zero-order chi connectivity index (χ0) is 6.97. The average Bonchev–Trinajstić information content (AvgIpc) is 2.36. The molecule has 0 aliphatic carbocycles. The predicted molar refractivity (Wildman–Crippen MR) is 37.1 cm³/mol. The van der Waals surface area contributed by atoms with E-state index in [9.17, 15) is 0 Å². The van der Waals surface area contributed by atoms with E-state index in [4.69, 9.17) is 0 Å². The van der Waals surface area contributed by atoms with Crippen LogP contribution in [-0.2, 0) is 0 Å². The third-order valence-electron chi connectivity index (χ3n) is 1.20. The minimum absolute atomic E-state index is 0.714. The number of nitrogens with zero attached hydrogens (tertiary/aromatic N) is 3. The van der Waals surface area contributed by atoms with Gasteiger partial charge in [0.15, 0.2) is 0 Å². The van der Waals surface area contributed by atoms with E-state index in [2.05, 4.69) is 36.8 Å². The van der Waals surface area contributed by atoms with Crippen LogP contribution in [0.25, 0.3) is 11.2 Å². The Morgan fingerprint density at radius 1 is 1.30 bits per heavy atom. The topological polar surface area (TPSA) is 54.5 Å². The Morgan fingerprint density at radius 3 is 3.00 bits per heavy atom. The second-order valence-corrected chi connectivity index (χ2v) is 2.69. The van der Waals surface area contributed by atoms with Crippen molar-refractivity contribution >= 4 is 32.5 Å². The zero-order valence-corrected chi connectivity index (χ0v) is 6.82. The molecule has 2 radical (unpaired) electrons. The Bertz CT molecular complexity index is 355. The van der Waals surface area contributed by atoms with E-state index < -0.39 is 0 Å². The van der Waals surface area contributed by atoms with Gasteiger partial charge in [-0.1, -0.05) is 0 Å². The van der Waals surface area contributed by atoms with Gasteiger partial charge in [0.1, 0.15) is 0 Å². The Morgan fingerprint density at radius 2 is 2.20 bits per heavy atom. The van der Waals surface area contributed by atoms with Crippen LogP contribution in [0.3, 0.4) is 0 Å². The summed E-state index contributed by atoms with van der Waals surface area (Å²) in [6.07, 6.45) is 3.10. The number of aromatic nitrogens is 4. The standard InChI is InChI=1S/C5H3AsN4/c6-4-3-5(9-1-7-3)10-2-8-4/h1-2H,(H,7,8,9,10).